The molecule has 0 atom stereocenters. The molecule has 5 heterocycles. The van der Waals surface area contributed by atoms with E-state index >= 15 is 0 Å². The van der Waals surface area contributed by atoms with E-state index in [2.05, 4.69) is 122 Å². The maximum Gasteiger partial charge on any atom is 0.359 e. The number of ether oxygens (including phenoxy) is 2. The van der Waals surface area contributed by atoms with Crippen LogP contribution in [0.15, 0.2) is 36.7 Å². The first-order valence-corrected chi connectivity index (χ1v) is 20.4. The van der Waals surface area contributed by atoms with Crippen LogP contribution in [0.25, 0.3) is 22.8 Å². The van der Waals surface area contributed by atoms with Gasteiger partial charge >= 0.3 is 11.9 Å². The van der Waals surface area contributed by atoms with Gasteiger partial charge in [-0.1, -0.05) is 27.7 Å². The van der Waals surface area contributed by atoms with Crippen LogP contribution in [0.2, 0.25) is 0 Å². The Hall–Kier alpha value is -4.97. The van der Waals surface area contributed by atoms with E-state index in [-0.39, 0.29) is 16.8 Å². The van der Waals surface area contributed by atoms with E-state index in [4.69, 9.17) is 14.5 Å². The first-order chi connectivity index (χ1) is 27.1. The Balaban J connectivity index is 0.000000194. The number of nitrogens with zero attached hydrogens (tertiary/aromatic N) is 10. The summed E-state index contributed by atoms with van der Waals surface area (Å²) in [6.45, 7) is 16.9. The summed E-state index contributed by atoms with van der Waals surface area (Å²) in [6.07, 6.45) is 5.23. The van der Waals surface area contributed by atoms with Gasteiger partial charge in [-0.25, -0.2) is 29.5 Å². The second-order valence-electron chi connectivity index (χ2n) is 16.0. The lowest BCUT2D eigenvalue weighted by atomic mass is 9.73. The van der Waals surface area contributed by atoms with Crippen molar-refractivity contribution in [1.29, 1.82) is 0 Å². The average molecular weight is 888 g/mol. The summed E-state index contributed by atoms with van der Waals surface area (Å²) >= 11 is 2.10. The molecule has 5 aromatic rings. The number of aromatic nitrogens is 8. The van der Waals surface area contributed by atoms with E-state index in [9.17, 15) is 9.59 Å². The van der Waals surface area contributed by atoms with Crippen molar-refractivity contribution >= 4 is 51.9 Å². The van der Waals surface area contributed by atoms with Gasteiger partial charge in [0.25, 0.3) is 0 Å². The van der Waals surface area contributed by atoms with Crippen LogP contribution >= 0.6 is 22.6 Å². The van der Waals surface area contributed by atoms with Gasteiger partial charge in [0, 0.05) is 97.8 Å². The van der Waals surface area contributed by atoms with Gasteiger partial charge in [-0.05, 0) is 80.0 Å². The molecule has 1 N–H and O–H groups in total. The van der Waals surface area contributed by atoms with E-state index in [0.29, 0.717) is 40.8 Å². The monoisotopic (exact) mass is 887 g/mol. The Bertz CT molecular complexity index is 2330. The fourth-order valence-corrected chi connectivity index (χ4v) is 8.54. The first-order valence-electron chi connectivity index (χ1n) is 19.3. The molecule has 0 spiro atoms. The number of nitrogens with one attached hydrogen (secondary N) is 1. The van der Waals surface area contributed by atoms with E-state index in [1.165, 1.54) is 5.69 Å². The molecule has 16 heteroatoms. The second kappa shape index (κ2) is 15.8. The number of rotatable bonds is 7. The summed E-state index contributed by atoms with van der Waals surface area (Å²) in [5.74, 6) is -0.256. The smallest absolute Gasteiger partial charge is 0.359 e. The molecule has 8 rings (SSSR count). The molecule has 1 fully saturated rings. The van der Waals surface area contributed by atoms with Crippen molar-refractivity contribution in [3.05, 3.63) is 74.1 Å². The van der Waals surface area contributed by atoms with Gasteiger partial charge in [0.05, 0.1) is 36.0 Å². The van der Waals surface area contributed by atoms with Crippen molar-refractivity contribution in [2.75, 3.05) is 56.7 Å². The normalized spacial score (nSPS) is 16.3. The highest BCUT2D eigenvalue weighted by Gasteiger charge is 2.41. The third-order valence-electron chi connectivity index (χ3n) is 10.8. The van der Waals surface area contributed by atoms with Crippen molar-refractivity contribution in [3.63, 3.8) is 0 Å². The molecule has 300 valence electrons. The summed E-state index contributed by atoms with van der Waals surface area (Å²) in [5, 5.41) is 12.3. The summed E-state index contributed by atoms with van der Waals surface area (Å²) in [5.41, 5.74) is 9.69. The minimum absolute atomic E-state index is 0.227. The lowest BCUT2D eigenvalue weighted by Crippen LogP contribution is -2.44. The highest BCUT2D eigenvalue weighted by atomic mass is 127. The quantitative estimate of drug-likeness (QED) is 0.118. The molecule has 1 aliphatic heterocycles. The van der Waals surface area contributed by atoms with Crippen LogP contribution in [0.3, 0.4) is 0 Å². The van der Waals surface area contributed by atoms with Gasteiger partial charge in [0.15, 0.2) is 15.2 Å². The SMILES string of the molecule is CCOC(=O)c1nn(C)c2c1C(C)(C)Cc1cnc(I)nc1-2.CCOC(=O)c1nn(C)c2c1C(C)(C)Cc1cnc(Nc3ccc(N4CCN(C)CC4)cc3)nc1-2. The Morgan fingerprint density at radius 2 is 1.23 bits per heavy atom. The van der Waals surface area contributed by atoms with Gasteiger partial charge in [-0.15, -0.1) is 0 Å². The number of benzene rings is 1. The van der Waals surface area contributed by atoms with Crippen LogP contribution < -0.4 is 10.2 Å². The van der Waals surface area contributed by atoms with Crippen LogP contribution in [-0.2, 0) is 47.2 Å². The Morgan fingerprint density at radius 3 is 1.74 bits per heavy atom. The standard InChI is InChI=1S/C26H33N7O2.C15H17IN4O2/c1-6-35-24(34)22-20-23(32(5)30-22)21-17(15-26(20,2)3)16-27-25(29-21)28-18-7-9-19(10-8-18)33-13-11-31(4)12-14-33;1-5-22-13(21)11-9-12(20(4)19-11)10-8(6-15(9,2)3)7-17-14(16)18-10/h7-10,16H,6,11-15H2,1-5H3,(H,27,28,29);7H,5-6H2,1-4H3. The predicted octanol–water partition coefficient (Wildman–Crippen LogP) is 5.88. The molecule has 57 heavy (non-hydrogen) atoms. The fraction of sp³-hybridized carbons (Fsp3) is 0.463. The Morgan fingerprint density at radius 1 is 0.737 bits per heavy atom. The fourth-order valence-electron chi connectivity index (χ4n) is 8.16. The molecule has 1 saturated heterocycles. The van der Waals surface area contributed by atoms with Crippen LogP contribution in [0.5, 0.6) is 0 Å². The topological polar surface area (TPSA) is 158 Å². The number of carbonyl (C=O) groups is 2. The molecule has 3 aliphatic rings. The Labute approximate surface area is 346 Å². The van der Waals surface area contributed by atoms with Crippen molar-refractivity contribution in [3.8, 4) is 22.8 Å². The Kier molecular flexibility index (Phi) is 11.1. The number of carbonyl (C=O) groups excluding carboxylic acids is 2. The minimum Gasteiger partial charge on any atom is -0.461 e. The molecule has 0 bridgehead atoms. The van der Waals surface area contributed by atoms with Crippen molar-refractivity contribution in [2.45, 2.75) is 65.2 Å². The van der Waals surface area contributed by atoms with Gasteiger partial charge in [0.1, 0.15) is 0 Å². The summed E-state index contributed by atoms with van der Waals surface area (Å²) in [7, 11) is 5.84. The number of aryl methyl sites for hydroxylation is 2. The number of piperazine rings is 1. The lowest BCUT2D eigenvalue weighted by Gasteiger charge is -2.34. The van der Waals surface area contributed by atoms with Gasteiger partial charge in [-0.3, -0.25) is 9.36 Å². The molecule has 4 aromatic heterocycles. The molecule has 1 aromatic carbocycles. The summed E-state index contributed by atoms with van der Waals surface area (Å²) in [4.78, 5) is 48.0. The van der Waals surface area contributed by atoms with Crippen molar-refractivity contribution < 1.29 is 19.1 Å². The number of hydrogen-bond donors (Lipinski definition) is 1. The van der Waals surface area contributed by atoms with E-state index < -0.39 is 5.97 Å². The maximum atomic E-state index is 12.6. The largest absolute Gasteiger partial charge is 0.461 e. The molecule has 0 amide bonds. The molecule has 0 radical (unpaired) electrons. The van der Waals surface area contributed by atoms with Crippen LogP contribution in [0.4, 0.5) is 17.3 Å². The molecular weight excluding hydrogens is 837 g/mol. The van der Waals surface area contributed by atoms with E-state index in [1.807, 2.05) is 26.5 Å². The van der Waals surface area contributed by atoms with Gasteiger partial charge < -0.3 is 24.6 Å². The van der Waals surface area contributed by atoms with Crippen LogP contribution in [0, 0.1) is 3.83 Å². The van der Waals surface area contributed by atoms with E-state index in [0.717, 1.165) is 83.3 Å². The molecule has 15 nitrogen and oxygen atoms in total. The molecule has 0 unspecified atom stereocenters. The number of likely N-dealkylation sites (N-methyl/N-ethyl adjacent to an activating group) is 1. The third-order valence-corrected chi connectivity index (χ3v) is 11.3. The average Bonchev–Trinajstić information content (AvgIpc) is 3.72. The number of halogens is 1. The summed E-state index contributed by atoms with van der Waals surface area (Å²) < 4.78 is 14.6. The first kappa shape index (κ1) is 40.2. The predicted molar refractivity (Wildman–Crippen MR) is 226 cm³/mol. The number of fused-ring (bicyclic) bond motifs is 6. The molecular formula is C41H50IN11O4. The van der Waals surface area contributed by atoms with E-state index in [1.54, 1.807) is 23.2 Å². The van der Waals surface area contributed by atoms with Crippen molar-refractivity contribution in [2.24, 2.45) is 14.1 Å². The zero-order valence-corrected chi connectivity index (χ0v) is 36.3. The molecule has 2 aliphatic carbocycles. The lowest BCUT2D eigenvalue weighted by molar-refractivity contribution is 0.0506. The zero-order valence-electron chi connectivity index (χ0n) is 34.1. The highest BCUT2D eigenvalue weighted by molar-refractivity contribution is 14.1. The van der Waals surface area contributed by atoms with Crippen molar-refractivity contribution in [1.82, 2.24) is 44.4 Å². The maximum absolute atomic E-state index is 12.6. The number of esters is 2. The second-order valence-corrected chi connectivity index (χ2v) is 17.0. The number of anilines is 3. The van der Waals surface area contributed by atoms with Gasteiger partial charge in [0.2, 0.25) is 5.95 Å². The van der Waals surface area contributed by atoms with Crippen LogP contribution in [-0.4, -0.2) is 103 Å². The summed E-state index contributed by atoms with van der Waals surface area (Å²) in [6, 6.07) is 8.40. The third kappa shape index (κ3) is 7.85. The van der Waals surface area contributed by atoms with Gasteiger partial charge in [-0.2, -0.15) is 10.2 Å². The minimum atomic E-state index is -0.395. The van der Waals surface area contributed by atoms with Crippen LogP contribution in [0.1, 0.15) is 84.8 Å². The highest BCUT2D eigenvalue weighted by Crippen LogP contribution is 2.45. The zero-order chi connectivity index (χ0) is 40.8. The molecule has 0 saturated carbocycles. The number of hydrogen-bond acceptors (Lipinski definition) is 13.